The van der Waals surface area contributed by atoms with Gasteiger partial charge in [-0.05, 0) is 24.3 Å². The summed E-state index contributed by atoms with van der Waals surface area (Å²) in [5.41, 5.74) is 0.969. The van der Waals surface area contributed by atoms with Crippen LogP contribution in [0.2, 0.25) is 5.02 Å². The predicted molar refractivity (Wildman–Crippen MR) is 102 cm³/mol. The number of rotatable bonds is 5. The Labute approximate surface area is 158 Å². The molecule has 1 fully saturated rings. The maximum absolute atomic E-state index is 13.0. The van der Waals surface area contributed by atoms with Crippen LogP contribution < -0.4 is 14.4 Å². The number of hydrogen-bond donors (Lipinski definition) is 0. The van der Waals surface area contributed by atoms with Gasteiger partial charge in [-0.1, -0.05) is 23.7 Å². The van der Waals surface area contributed by atoms with Crippen molar-refractivity contribution in [3.63, 3.8) is 0 Å². The van der Waals surface area contributed by atoms with Gasteiger partial charge in [0.1, 0.15) is 16.4 Å². The number of methoxy groups -OCH3 is 2. The Morgan fingerprint density at radius 2 is 1.58 bits per heavy atom. The molecule has 26 heavy (non-hydrogen) atoms. The van der Waals surface area contributed by atoms with Crippen molar-refractivity contribution in [1.82, 2.24) is 4.31 Å². The van der Waals surface area contributed by atoms with E-state index in [1.165, 1.54) is 23.5 Å². The first kappa shape index (κ1) is 18.8. The van der Waals surface area contributed by atoms with E-state index in [4.69, 9.17) is 21.1 Å². The van der Waals surface area contributed by atoms with E-state index in [-0.39, 0.29) is 10.6 Å². The summed E-state index contributed by atoms with van der Waals surface area (Å²) in [6, 6.07) is 12.3. The Kier molecular flexibility index (Phi) is 5.60. The van der Waals surface area contributed by atoms with Gasteiger partial charge >= 0.3 is 0 Å². The second-order valence-electron chi connectivity index (χ2n) is 5.86. The molecule has 2 aromatic rings. The van der Waals surface area contributed by atoms with E-state index in [2.05, 4.69) is 4.90 Å². The molecular weight excluding hydrogens is 376 g/mol. The summed E-state index contributed by atoms with van der Waals surface area (Å²) in [7, 11) is -0.585. The van der Waals surface area contributed by atoms with Crippen molar-refractivity contribution in [2.45, 2.75) is 4.90 Å². The van der Waals surface area contributed by atoms with Crippen LogP contribution in [0, 0.1) is 0 Å². The van der Waals surface area contributed by atoms with Crippen LogP contribution >= 0.6 is 11.6 Å². The monoisotopic (exact) mass is 396 g/mol. The molecule has 0 aliphatic carbocycles. The lowest BCUT2D eigenvalue weighted by atomic mass is 10.2. The topological polar surface area (TPSA) is 59.1 Å². The molecule has 1 saturated heterocycles. The standard InChI is InChI=1S/C18H21ClN2O4S/c1-24-16-6-4-3-5-15(16)20-9-11-21(12-10-20)26(22,23)18-8-7-14(19)13-17(18)25-2/h3-8,13H,9-12H2,1-2H3. The van der Waals surface area contributed by atoms with Gasteiger partial charge in [0, 0.05) is 37.3 Å². The molecule has 0 bridgehead atoms. The summed E-state index contributed by atoms with van der Waals surface area (Å²) in [5, 5.41) is 0.432. The highest BCUT2D eigenvalue weighted by molar-refractivity contribution is 7.89. The van der Waals surface area contributed by atoms with Crippen molar-refractivity contribution in [3.05, 3.63) is 47.5 Å². The first-order chi connectivity index (χ1) is 12.5. The number of nitrogens with zero attached hydrogens (tertiary/aromatic N) is 2. The van der Waals surface area contributed by atoms with E-state index in [0.29, 0.717) is 31.2 Å². The fourth-order valence-electron chi connectivity index (χ4n) is 3.05. The summed E-state index contributed by atoms with van der Waals surface area (Å²) in [6.45, 7) is 1.92. The zero-order valence-electron chi connectivity index (χ0n) is 14.7. The second-order valence-corrected chi connectivity index (χ2v) is 8.20. The second kappa shape index (κ2) is 7.73. The number of hydrogen-bond acceptors (Lipinski definition) is 5. The van der Waals surface area contributed by atoms with Gasteiger partial charge in [-0.15, -0.1) is 0 Å². The van der Waals surface area contributed by atoms with Crippen molar-refractivity contribution in [1.29, 1.82) is 0 Å². The van der Waals surface area contributed by atoms with Crippen molar-refractivity contribution in [3.8, 4) is 11.5 Å². The molecule has 1 aliphatic rings. The number of benzene rings is 2. The van der Waals surface area contributed by atoms with Crippen LogP contribution in [0.1, 0.15) is 0 Å². The van der Waals surface area contributed by atoms with Gasteiger partial charge in [0.05, 0.1) is 19.9 Å². The molecule has 0 atom stereocenters. The van der Waals surface area contributed by atoms with Gasteiger partial charge in [-0.25, -0.2) is 8.42 Å². The quantitative estimate of drug-likeness (QED) is 0.777. The minimum atomic E-state index is -3.65. The maximum atomic E-state index is 13.0. The summed E-state index contributed by atoms with van der Waals surface area (Å²) >= 11 is 5.94. The van der Waals surface area contributed by atoms with Crippen LogP contribution in [-0.4, -0.2) is 53.1 Å². The van der Waals surface area contributed by atoms with E-state index in [9.17, 15) is 8.42 Å². The summed E-state index contributed by atoms with van der Waals surface area (Å²) in [5.74, 6) is 1.04. The molecular formula is C18H21ClN2O4S. The van der Waals surface area contributed by atoms with E-state index in [1.807, 2.05) is 24.3 Å². The van der Waals surface area contributed by atoms with Crippen molar-refractivity contribution < 1.29 is 17.9 Å². The SMILES string of the molecule is COc1ccccc1N1CCN(S(=O)(=O)c2ccc(Cl)cc2OC)CC1. The Morgan fingerprint density at radius 3 is 2.23 bits per heavy atom. The van der Waals surface area contributed by atoms with Gasteiger partial charge in [-0.3, -0.25) is 0 Å². The van der Waals surface area contributed by atoms with Crippen LogP contribution in [0.5, 0.6) is 11.5 Å². The van der Waals surface area contributed by atoms with E-state index in [1.54, 1.807) is 13.2 Å². The summed E-state index contributed by atoms with van der Waals surface area (Å²) in [4.78, 5) is 2.26. The van der Waals surface area contributed by atoms with Crippen molar-refractivity contribution >= 4 is 27.3 Å². The van der Waals surface area contributed by atoms with Crippen LogP contribution in [-0.2, 0) is 10.0 Å². The van der Waals surface area contributed by atoms with Gasteiger partial charge in [0.25, 0.3) is 0 Å². The van der Waals surface area contributed by atoms with Gasteiger partial charge in [0.15, 0.2) is 0 Å². The Bertz CT molecular complexity index is 881. The predicted octanol–water partition coefficient (Wildman–Crippen LogP) is 2.87. The first-order valence-corrected chi connectivity index (χ1v) is 10.0. The number of ether oxygens (including phenoxy) is 2. The van der Waals surface area contributed by atoms with Crippen molar-refractivity contribution in [2.75, 3.05) is 45.3 Å². The van der Waals surface area contributed by atoms with E-state index < -0.39 is 10.0 Å². The third-order valence-corrected chi connectivity index (χ3v) is 6.58. The average Bonchev–Trinajstić information content (AvgIpc) is 2.67. The number of sulfonamides is 1. The molecule has 8 heteroatoms. The lowest BCUT2D eigenvalue weighted by Crippen LogP contribution is -2.48. The number of piperazine rings is 1. The third kappa shape index (κ3) is 3.60. The molecule has 6 nitrogen and oxygen atoms in total. The normalized spacial score (nSPS) is 15.7. The minimum absolute atomic E-state index is 0.134. The van der Waals surface area contributed by atoms with Crippen molar-refractivity contribution in [2.24, 2.45) is 0 Å². The summed E-state index contributed by atoms with van der Waals surface area (Å²) in [6.07, 6.45) is 0. The average molecular weight is 397 g/mol. The highest BCUT2D eigenvalue weighted by Crippen LogP contribution is 2.32. The largest absolute Gasteiger partial charge is 0.495 e. The lowest BCUT2D eigenvalue weighted by molar-refractivity contribution is 0.370. The molecule has 0 radical (unpaired) electrons. The molecule has 1 aliphatic heterocycles. The van der Waals surface area contributed by atoms with Gasteiger partial charge in [-0.2, -0.15) is 4.31 Å². The fraction of sp³-hybridized carbons (Fsp3) is 0.333. The molecule has 0 saturated carbocycles. The molecule has 0 spiro atoms. The molecule has 0 unspecified atom stereocenters. The zero-order valence-corrected chi connectivity index (χ0v) is 16.3. The number of halogens is 1. The molecule has 0 aromatic heterocycles. The lowest BCUT2D eigenvalue weighted by Gasteiger charge is -2.36. The molecule has 0 N–H and O–H groups in total. The Hall–Kier alpha value is -1.96. The Morgan fingerprint density at radius 1 is 0.923 bits per heavy atom. The van der Waals surface area contributed by atoms with E-state index in [0.717, 1.165) is 11.4 Å². The summed E-state index contributed by atoms with van der Waals surface area (Å²) < 4.78 is 38.1. The van der Waals surface area contributed by atoms with Crippen LogP contribution in [0.15, 0.2) is 47.4 Å². The van der Waals surface area contributed by atoms with Crippen LogP contribution in [0.3, 0.4) is 0 Å². The molecule has 0 amide bonds. The van der Waals surface area contributed by atoms with Crippen LogP contribution in [0.25, 0.3) is 0 Å². The van der Waals surface area contributed by atoms with Crippen LogP contribution in [0.4, 0.5) is 5.69 Å². The molecule has 3 rings (SSSR count). The third-order valence-electron chi connectivity index (χ3n) is 4.41. The zero-order chi connectivity index (χ0) is 18.7. The maximum Gasteiger partial charge on any atom is 0.246 e. The number of anilines is 1. The van der Waals surface area contributed by atoms with Gasteiger partial charge < -0.3 is 14.4 Å². The highest BCUT2D eigenvalue weighted by Gasteiger charge is 2.31. The molecule has 2 aromatic carbocycles. The molecule has 1 heterocycles. The number of para-hydroxylation sites is 2. The van der Waals surface area contributed by atoms with Gasteiger partial charge in [0.2, 0.25) is 10.0 Å². The van der Waals surface area contributed by atoms with E-state index >= 15 is 0 Å². The molecule has 140 valence electrons. The minimum Gasteiger partial charge on any atom is -0.495 e. The Balaban J connectivity index is 1.79. The first-order valence-electron chi connectivity index (χ1n) is 8.19. The highest BCUT2D eigenvalue weighted by atomic mass is 35.5. The fourth-order valence-corrected chi connectivity index (χ4v) is 4.77. The smallest absolute Gasteiger partial charge is 0.246 e.